The Morgan fingerprint density at radius 1 is 0.317 bits per heavy atom. The van der Waals surface area contributed by atoms with Crippen LogP contribution in [0, 0.1) is 0 Å². The minimum atomic E-state index is -0.525. The second kappa shape index (κ2) is 15.1. The summed E-state index contributed by atoms with van der Waals surface area (Å²) >= 11 is 0. The van der Waals surface area contributed by atoms with Crippen molar-refractivity contribution >= 4 is 38.9 Å². The van der Waals surface area contributed by atoms with Crippen LogP contribution in [0.25, 0.3) is 60.9 Å². The van der Waals surface area contributed by atoms with E-state index >= 15 is 0 Å². The van der Waals surface area contributed by atoms with Crippen molar-refractivity contribution in [1.29, 1.82) is 0 Å². The first-order valence-electron chi connectivity index (χ1n) is 21.8. The average molecular weight is 803 g/mol. The van der Waals surface area contributed by atoms with Gasteiger partial charge in [0.25, 0.3) is 0 Å². The van der Waals surface area contributed by atoms with E-state index in [9.17, 15) is 0 Å². The van der Waals surface area contributed by atoms with Gasteiger partial charge in [-0.2, -0.15) is 0 Å². The van der Waals surface area contributed by atoms with Crippen molar-refractivity contribution in [3.63, 3.8) is 0 Å². The van der Waals surface area contributed by atoms with E-state index in [1.54, 1.807) is 0 Å². The van der Waals surface area contributed by atoms with E-state index in [0.29, 0.717) is 0 Å². The molecule has 0 atom stereocenters. The average Bonchev–Trinajstić information content (AvgIpc) is 3.86. The van der Waals surface area contributed by atoms with E-state index < -0.39 is 5.41 Å². The summed E-state index contributed by atoms with van der Waals surface area (Å²) in [6, 6.07) is 93.1. The first-order chi connectivity index (χ1) is 31.3. The Bertz CT molecular complexity index is 3350. The number of benzene rings is 10. The molecule has 10 aromatic carbocycles. The molecule has 0 fully saturated rings. The van der Waals surface area contributed by atoms with Crippen molar-refractivity contribution in [3.05, 3.63) is 277 Å². The molecular formula is C61H42N2. The maximum Gasteiger partial charge on any atom is 0.0734 e. The summed E-state index contributed by atoms with van der Waals surface area (Å²) in [5, 5.41) is 2.47. The van der Waals surface area contributed by atoms with Crippen molar-refractivity contribution in [2.75, 3.05) is 4.90 Å². The Balaban J connectivity index is 0.989. The van der Waals surface area contributed by atoms with Crippen LogP contribution < -0.4 is 4.90 Å². The number of nitrogens with zero attached hydrogens (tertiary/aromatic N) is 2. The summed E-state index contributed by atoms with van der Waals surface area (Å²) in [4.78, 5) is 2.30. The van der Waals surface area contributed by atoms with Crippen LogP contribution in [-0.2, 0) is 5.41 Å². The normalized spacial score (nSPS) is 12.6. The third-order valence-electron chi connectivity index (χ3n) is 13.0. The molecule has 0 saturated heterocycles. The van der Waals surface area contributed by atoms with Gasteiger partial charge in [0.2, 0.25) is 0 Å². The highest BCUT2D eigenvalue weighted by molar-refractivity contribution is 6.11. The Hall–Kier alpha value is -8.20. The molecule has 0 saturated carbocycles. The third kappa shape index (κ3) is 5.87. The lowest BCUT2D eigenvalue weighted by atomic mass is 9.67. The lowest BCUT2D eigenvalue weighted by Gasteiger charge is -2.35. The molecule has 1 aliphatic rings. The van der Waals surface area contributed by atoms with E-state index in [1.807, 2.05) is 0 Å². The van der Waals surface area contributed by atoms with Gasteiger partial charge in [0, 0.05) is 33.4 Å². The lowest BCUT2D eigenvalue weighted by molar-refractivity contribution is 0.762. The number of fused-ring (bicyclic) bond motifs is 6. The van der Waals surface area contributed by atoms with Gasteiger partial charge in [0.15, 0.2) is 0 Å². The second-order valence-electron chi connectivity index (χ2n) is 16.4. The molecule has 1 aliphatic carbocycles. The van der Waals surface area contributed by atoms with Crippen LogP contribution in [0.2, 0.25) is 0 Å². The number of aromatic nitrogens is 1. The van der Waals surface area contributed by atoms with Gasteiger partial charge in [-0.05, 0) is 117 Å². The smallest absolute Gasteiger partial charge is 0.0734 e. The minimum absolute atomic E-state index is 0.525. The molecule has 296 valence electrons. The summed E-state index contributed by atoms with van der Waals surface area (Å²) in [6.45, 7) is 0. The van der Waals surface area contributed by atoms with Crippen molar-refractivity contribution in [2.24, 2.45) is 0 Å². The van der Waals surface area contributed by atoms with Gasteiger partial charge >= 0.3 is 0 Å². The summed E-state index contributed by atoms with van der Waals surface area (Å²) in [5.41, 5.74) is 18.9. The monoisotopic (exact) mass is 802 g/mol. The van der Waals surface area contributed by atoms with Crippen molar-refractivity contribution < 1.29 is 0 Å². The number of rotatable bonds is 8. The van der Waals surface area contributed by atoms with Crippen LogP contribution in [0.4, 0.5) is 17.1 Å². The molecule has 0 spiro atoms. The highest BCUT2D eigenvalue weighted by atomic mass is 15.1. The molecule has 0 unspecified atom stereocenters. The molecule has 0 amide bonds. The van der Waals surface area contributed by atoms with E-state index in [4.69, 9.17) is 0 Å². The highest BCUT2D eigenvalue weighted by Crippen LogP contribution is 2.58. The molecule has 0 bridgehead atoms. The van der Waals surface area contributed by atoms with Gasteiger partial charge in [0.1, 0.15) is 0 Å². The molecule has 12 rings (SSSR count). The highest BCUT2D eigenvalue weighted by Gasteiger charge is 2.48. The van der Waals surface area contributed by atoms with Crippen LogP contribution in [0.5, 0.6) is 0 Å². The van der Waals surface area contributed by atoms with Crippen LogP contribution in [0.3, 0.4) is 0 Å². The van der Waals surface area contributed by atoms with Gasteiger partial charge in [-0.15, -0.1) is 0 Å². The first-order valence-corrected chi connectivity index (χ1v) is 21.8. The van der Waals surface area contributed by atoms with Crippen LogP contribution in [-0.4, -0.2) is 4.57 Å². The number of anilines is 3. The standard InChI is InChI=1S/C61H42N2/c1-5-21-47(22-6-1)61(48-23-7-2-8-24-48)56-32-15-13-29-52(56)54-31-18-34-59(60(54)61)63-57-33-16-14-30-53(57)55-42-46(37-40-58(55)63)45-20-17-19-44(41-45)43-35-38-51(39-36-43)62(49-25-9-3-10-26-49)50-27-11-4-12-28-50/h1-42H. The largest absolute Gasteiger partial charge is 0.311 e. The summed E-state index contributed by atoms with van der Waals surface area (Å²) < 4.78 is 2.52. The molecule has 63 heavy (non-hydrogen) atoms. The summed E-state index contributed by atoms with van der Waals surface area (Å²) in [6.07, 6.45) is 0. The lowest BCUT2D eigenvalue weighted by Crippen LogP contribution is -2.29. The molecule has 2 nitrogen and oxygen atoms in total. The van der Waals surface area contributed by atoms with Gasteiger partial charge in [0.05, 0.1) is 22.1 Å². The van der Waals surface area contributed by atoms with Gasteiger partial charge in [-0.3, -0.25) is 0 Å². The molecule has 1 aromatic heterocycles. The quantitative estimate of drug-likeness (QED) is 0.149. The van der Waals surface area contributed by atoms with Gasteiger partial charge < -0.3 is 9.47 Å². The van der Waals surface area contributed by atoms with Crippen molar-refractivity contribution in [3.8, 4) is 39.1 Å². The second-order valence-corrected chi connectivity index (χ2v) is 16.4. The minimum Gasteiger partial charge on any atom is -0.311 e. The van der Waals surface area contributed by atoms with E-state index in [-0.39, 0.29) is 0 Å². The van der Waals surface area contributed by atoms with Crippen molar-refractivity contribution in [1.82, 2.24) is 4.57 Å². The Morgan fingerprint density at radius 3 is 1.49 bits per heavy atom. The Morgan fingerprint density at radius 2 is 0.810 bits per heavy atom. The zero-order valence-corrected chi connectivity index (χ0v) is 34.6. The summed E-state index contributed by atoms with van der Waals surface area (Å²) in [7, 11) is 0. The molecule has 2 heteroatoms. The number of hydrogen-bond donors (Lipinski definition) is 0. The first kappa shape index (κ1) is 36.6. The topological polar surface area (TPSA) is 8.17 Å². The predicted octanol–water partition coefficient (Wildman–Crippen LogP) is 16.0. The fraction of sp³-hybridized carbons (Fsp3) is 0.0164. The molecule has 11 aromatic rings. The van der Waals surface area contributed by atoms with Gasteiger partial charge in [-0.1, -0.05) is 188 Å². The van der Waals surface area contributed by atoms with Crippen LogP contribution >= 0.6 is 0 Å². The SMILES string of the molecule is c1ccc(N(c2ccccc2)c2ccc(-c3cccc(-c4ccc5c(c4)c4ccccc4n5-c4cccc5c4C(c4ccccc4)(c4ccccc4)c4ccccc4-5)c3)cc2)cc1. The van der Waals surface area contributed by atoms with Gasteiger partial charge in [-0.25, -0.2) is 0 Å². The zero-order valence-electron chi connectivity index (χ0n) is 34.6. The number of hydrogen-bond acceptors (Lipinski definition) is 1. The maximum absolute atomic E-state index is 2.52. The maximum atomic E-state index is 2.52. The Kier molecular flexibility index (Phi) is 8.76. The molecule has 0 aliphatic heterocycles. The molecule has 0 N–H and O–H groups in total. The third-order valence-corrected chi connectivity index (χ3v) is 13.0. The van der Waals surface area contributed by atoms with Crippen molar-refractivity contribution in [2.45, 2.75) is 5.41 Å². The fourth-order valence-corrected chi connectivity index (χ4v) is 10.4. The van der Waals surface area contributed by atoms with E-state index in [0.717, 1.165) is 17.1 Å². The molecule has 1 heterocycles. The van der Waals surface area contributed by atoms with Crippen LogP contribution in [0.1, 0.15) is 22.3 Å². The Labute approximate surface area is 368 Å². The van der Waals surface area contributed by atoms with Crippen LogP contribution in [0.15, 0.2) is 255 Å². The zero-order chi connectivity index (χ0) is 41.7. The predicted molar refractivity (Wildman–Crippen MR) is 264 cm³/mol. The number of para-hydroxylation sites is 3. The molecular weight excluding hydrogens is 761 g/mol. The van der Waals surface area contributed by atoms with E-state index in [2.05, 4.69) is 264 Å². The fourth-order valence-electron chi connectivity index (χ4n) is 10.4. The van der Waals surface area contributed by atoms with E-state index in [1.165, 1.54) is 83.1 Å². The summed E-state index contributed by atoms with van der Waals surface area (Å²) in [5.74, 6) is 0. The molecule has 0 radical (unpaired) electrons.